The first kappa shape index (κ1) is 28.1. The van der Waals surface area contributed by atoms with E-state index in [9.17, 15) is 0 Å². The average Bonchev–Trinajstić information content (AvgIpc) is 2.82. The van der Waals surface area contributed by atoms with Crippen LogP contribution in [0, 0.1) is 11.5 Å². The monoisotopic (exact) mass is 529 g/mol. The van der Waals surface area contributed by atoms with Gasteiger partial charge >= 0.3 is 0 Å². The molecule has 38 heavy (non-hydrogen) atoms. The van der Waals surface area contributed by atoms with Crippen LogP contribution in [-0.4, -0.2) is 48.1 Å². The van der Waals surface area contributed by atoms with Crippen LogP contribution in [0.5, 0.6) is 5.88 Å². The van der Waals surface area contributed by atoms with Crippen LogP contribution in [0.3, 0.4) is 0 Å². The van der Waals surface area contributed by atoms with E-state index in [1.165, 1.54) is 24.8 Å². The third-order valence-electron chi connectivity index (χ3n) is 8.34. The molecule has 2 aromatic heterocycles. The molecule has 1 aliphatic rings. The highest BCUT2D eigenvalue weighted by Crippen LogP contribution is 2.41. The minimum Gasteiger partial charge on any atom is -0.481 e. The first-order valence-corrected chi connectivity index (χ1v) is 16.2. The maximum atomic E-state index is 5.53. The van der Waals surface area contributed by atoms with Gasteiger partial charge in [-0.15, -0.1) is 5.54 Å². The summed E-state index contributed by atoms with van der Waals surface area (Å²) >= 11 is 0. The van der Waals surface area contributed by atoms with Crippen LogP contribution in [0.15, 0.2) is 36.5 Å². The molecule has 4 rings (SSSR count). The zero-order valence-electron chi connectivity index (χ0n) is 24.3. The lowest BCUT2D eigenvalue weighted by atomic mass is 9.91. The number of benzene rings is 1. The number of nitrogens with one attached hydrogen (secondary N) is 1. The average molecular weight is 530 g/mol. The van der Waals surface area contributed by atoms with Crippen LogP contribution in [0.2, 0.25) is 16.6 Å². The van der Waals surface area contributed by atoms with Gasteiger partial charge in [0, 0.05) is 36.1 Å². The molecule has 0 saturated heterocycles. The lowest BCUT2D eigenvalue weighted by molar-refractivity contribution is 0.152. The Hall–Kier alpha value is -2.95. The van der Waals surface area contributed by atoms with Crippen molar-refractivity contribution in [2.45, 2.75) is 90.0 Å². The number of hydrogen-bond acceptors (Lipinski definition) is 6. The second-order valence-electron chi connectivity index (χ2n) is 11.6. The summed E-state index contributed by atoms with van der Waals surface area (Å²) in [7, 11) is 1.96. The third kappa shape index (κ3) is 5.87. The molecule has 202 valence electrons. The highest BCUT2D eigenvalue weighted by Gasteiger charge is 2.41. The molecule has 2 heterocycles. The Labute approximate surface area is 229 Å². The smallest absolute Gasteiger partial charge is 0.229 e. The summed E-state index contributed by atoms with van der Waals surface area (Å²) < 4.78 is 5.53. The maximum Gasteiger partial charge on any atom is 0.229 e. The number of rotatable bonds is 9. The molecule has 0 aliphatic heterocycles. The van der Waals surface area contributed by atoms with Crippen molar-refractivity contribution in [1.29, 1.82) is 0 Å². The van der Waals surface area contributed by atoms with Crippen LogP contribution in [0.4, 0.5) is 11.6 Å². The van der Waals surface area contributed by atoms with Gasteiger partial charge in [-0.3, -0.25) is 4.90 Å². The molecule has 7 heteroatoms. The standard InChI is InChI=1S/C31H43N5OSi/c1-21(2)38(22(3)4,23(5)6)16-15-25-18-29(37-8)34-30-28(25)19-32-31(35-30)33-26-12-9-11-24(17-26)20-36(7)27-13-10-14-27/h9,11-12,17-19,21-23,27H,10,13-14,20H2,1-8H3,(H,32,33,34,35). The lowest BCUT2D eigenvalue weighted by Gasteiger charge is -2.38. The maximum absolute atomic E-state index is 5.53. The van der Waals surface area contributed by atoms with E-state index in [0.717, 1.165) is 23.2 Å². The highest BCUT2D eigenvalue weighted by molar-refractivity contribution is 6.90. The normalized spacial score (nSPS) is 14.2. The molecule has 1 aromatic carbocycles. The van der Waals surface area contributed by atoms with E-state index in [2.05, 4.69) is 98.4 Å². The predicted molar refractivity (Wildman–Crippen MR) is 161 cm³/mol. The molecular formula is C31H43N5OSi. The van der Waals surface area contributed by atoms with Gasteiger partial charge in [-0.25, -0.2) is 4.98 Å². The molecule has 1 N–H and O–H groups in total. The summed E-state index contributed by atoms with van der Waals surface area (Å²) in [5.74, 6) is 4.57. The Morgan fingerprint density at radius 1 is 1.05 bits per heavy atom. The van der Waals surface area contributed by atoms with Crippen LogP contribution >= 0.6 is 0 Å². The molecule has 0 spiro atoms. The summed E-state index contributed by atoms with van der Waals surface area (Å²) in [6, 6.07) is 11.1. The SMILES string of the molecule is COc1cc(C#C[Si](C(C)C)(C(C)C)C(C)C)c2cnc(Nc3cccc(CN(C)C4CCC4)c3)nc2n1. The number of fused-ring (bicyclic) bond motifs is 1. The molecule has 6 nitrogen and oxygen atoms in total. The molecule has 0 atom stereocenters. The van der Waals surface area contributed by atoms with Gasteiger partial charge in [0.1, 0.15) is 8.07 Å². The Bertz CT molecular complexity index is 1300. The van der Waals surface area contributed by atoms with Crippen molar-refractivity contribution in [1.82, 2.24) is 19.9 Å². The Kier molecular flexibility index (Phi) is 8.74. The Morgan fingerprint density at radius 2 is 1.76 bits per heavy atom. The van der Waals surface area contributed by atoms with Crippen LogP contribution in [-0.2, 0) is 6.54 Å². The minimum atomic E-state index is -1.89. The largest absolute Gasteiger partial charge is 0.481 e. The zero-order valence-corrected chi connectivity index (χ0v) is 25.3. The van der Waals surface area contributed by atoms with E-state index in [1.807, 2.05) is 18.3 Å². The Balaban J connectivity index is 1.64. The van der Waals surface area contributed by atoms with Crippen molar-refractivity contribution in [3.05, 3.63) is 47.7 Å². The van der Waals surface area contributed by atoms with Gasteiger partial charge in [0.05, 0.1) is 12.5 Å². The van der Waals surface area contributed by atoms with Gasteiger partial charge in [-0.05, 0) is 54.2 Å². The van der Waals surface area contributed by atoms with E-state index in [0.29, 0.717) is 40.1 Å². The summed E-state index contributed by atoms with van der Waals surface area (Å²) in [6.45, 7) is 14.9. The number of hydrogen-bond donors (Lipinski definition) is 1. The van der Waals surface area contributed by atoms with Gasteiger partial charge < -0.3 is 10.1 Å². The number of anilines is 2. The van der Waals surface area contributed by atoms with Crippen molar-refractivity contribution in [3.8, 4) is 17.3 Å². The first-order valence-electron chi connectivity index (χ1n) is 13.9. The molecule has 0 unspecified atom stereocenters. The molecule has 0 radical (unpaired) electrons. The molecule has 1 fully saturated rings. The van der Waals surface area contributed by atoms with Gasteiger partial charge in [0.15, 0.2) is 5.65 Å². The third-order valence-corrected chi connectivity index (χ3v) is 14.6. The fourth-order valence-corrected chi connectivity index (χ4v) is 11.2. The van der Waals surface area contributed by atoms with Gasteiger partial charge in [0.25, 0.3) is 0 Å². The molecular weight excluding hydrogens is 486 g/mol. The van der Waals surface area contributed by atoms with Gasteiger partial charge in [-0.2, -0.15) is 9.97 Å². The molecule has 0 amide bonds. The van der Waals surface area contributed by atoms with Crippen LogP contribution < -0.4 is 10.1 Å². The van der Waals surface area contributed by atoms with Crippen molar-refractivity contribution in [3.63, 3.8) is 0 Å². The number of methoxy groups -OCH3 is 1. The second-order valence-corrected chi connectivity index (χ2v) is 17.2. The number of pyridine rings is 1. The molecule has 0 bridgehead atoms. The highest BCUT2D eigenvalue weighted by atomic mass is 28.3. The number of nitrogens with zero attached hydrogens (tertiary/aromatic N) is 4. The van der Waals surface area contributed by atoms with Crippen molar-refractivity contribution >= 4 is 30.7 Å². The van der Waals surface area contributed by atoms with E-state index in [1.54, 1.807) is 7.11 Å². The molecule has 1 aliphatic carbocycles. The van der Waals surface area contributed by atoms with E-state index < -0.39 is 8.07 Å². The Morgan fingerprint density at radius 3 is 2.37 bits per heavy atom. The first-order chi connectivity index (χ1) is 18.1. The van der Waals surface area contributed by atoms with Crippen LogP contribution in [0.1, 0.15) is 71.9 Å². The topological polar surface area (TPSA) is 63.2 Å². The quantitative estimate of drug-likeness (QED) is 0.231. The summed E-state index contributed by atoms with van der Waals surface area (Å²) in [6.07, 6.45) is 5.78. The summed E-state index contributed by atoms with van der Waals surface area (Å²) in [4.78, 5) is 16.5. The predicted octanol–water partition coefficient (Wildman–Crippen LogP) is 7.33. The van der Waals surface area contributed by atoms with Crippen molar-refractivity contribution < 1.29 is 4.74 Å². The fraction of sp³-hybridized carbons (Fsp3) is 0.516. The lowest BCUT2D eigenvalue weighted by Crippen LogP contribution is -2.43. The second kappa shape index (κ2) is 11.8. The van der Waals surface area contributed by atoms with E-state index in [-0.39, 0.29) is 0 Å². The zero-order chi connectivity index (χ0) is 27.4. The van der Waals surface area contributed by atoms with Gasteiger partial charge in [-0.1, -0.05) is 66.0 Å². The fourth-order valence-electron chi connectivity index (χ4n) is 5.98. The minimum absolute atomic E-state index is 0.511. The van der Waals surface area contributed by atoms with Gasteiger partial charge in [0.2, 0.25) is 11.8 Å². The molecule has 1 saturated carbocycles. The van der Waals surface area contributed by atoms with E-state index in [4.69, 9.17) is 9.72 Å². The van der Waals surface area contributed by atoms with Crippen molar-refractivity contribution in [2.75, 3.05) is 19.5 Å². The number of aromatic nitrogens is 3. The van der Waals surface area contributed by atoms with Crippen LogP contribution in [0.25, 0.3) is 11.0 Å². The van der Waals surface area contributed by atoms with E-state index >= 15 is 0 Å². The summed E-state index contributed by atoms with van der Waals surface area (Å²) in [5, 5.41) is 4.22. The summed E-state index contributed by atoms with van der Waals surface area (Å²) in [5.41, 5.74) is 9.18. The number of ether oxygens (including phenoxy) is 1. The molecule has 3 aromatic rings. The van der Waals surface area contributed by atoms with Crippen molar-refractivity contribution in [2.24, 2.45) is 0 Å².